The number of carbonyl (C=O) groups is 1. The maximum Gasteiger partial charge on any atom is 0.226 e. The van der Waals surface area contributed by atoms with Gasteiger partial charge in [-0.25, -0.2) is 4.98 Å². The van der Waals surface area contributed by atoms with Crippen molar-refractivity contribution >= 4 is 33.4 Å². The number of amides is 1. The molecule has 2 aliphatic rings. The van der Waals surface area contributed by atoms with Crippen LogP contribution in [0.15, 0.2) is 28.7 Å². The predicted molar refractivity (Wildman–Crippen MR) is 109 cm³/mol. The molecule has 2 heterocycles. The standard InChI is InChI=1S/C20H23BrClN3O2/c1-12-11-27-10-9-25(12)20(26)16-4-2-3-15(16)19-23-17(18(22)24-19)13-5-7-14(21)8-6-13/h5-8,12,15-16H,2-4,9-11H2,1H3,(H,23,24)/t12-,15-,16-/m1/s1. The van der Waals surface area contributed by atoms with Gasteiger partial charge in [-0.15, -0.1) is 0 Å². The summed E-state index contributed by atoms with van der Waals surface area (Å²) in [5, 5.41) is 0.463. The van der Waals surface area contributed by atoms with Crippen molar-refractivity contribution in [3.63, 3.8) is 0 Å². The van der Waals surface area contributed by atoms with Crippen molar-refractivity contribution in [2.45, 2.75) is 38.1 Å². The van der Waals surface area contributed by atoms with Crippen LogP contribution in [0.2, 0.25) is 5.15 Å². The molecule has 1 aromatic heterocycles. The van der Waals surface area contributed by atoms with Crippen LogP contribution in [0, 0.1) is 5.92 Å². The smallest absolute Gasteiger partial charge is 0.226 e. The molecule has 1 saturated heterocycles. The third-order valence-electron chi connectivity index (χ3n) is 5.65. The summed E-state index contributed by atoms with van der Waals surface area (Å²) in [5.74, 6) is 1.11. The molecule has 5 nitrogen and oxygen atoms in total. The molecule has 2 fully saturated rings. The average molecular weight is 453 g/mol. The molecule has 27 heavy (non-hydrogen) atoms. The Morgan fingerprint density at radius 3 is 2.85 bits per heavy atom. The van der Waals surface area contributed by atoms with E-state index in [1.165, 1.54) is 0 Å². The Morgan fingerprint density at radius 2 is 2.11 bits per heavy atom. The second-order valence-corrected chi connectivity index (χ2v) is 8.67. The average Bonchev–Trinajstić information content (AvgIpc) is 3.29. The second kappa shape index (κ2) is 7.94. The van der Waals surface area contributed by atoms with E-state index in [4.69, 9.17) is 16.3 Å². The predicted octanol–water partition coefficient (Wildman–Crippen LogP) is 4.62. The number of aromatic nitrogens is 2. The maximum atomic E-state index is 13.2. The van der Waals surface area contributed by atoms with E-state index in [1.807, 2.05) is 29.2 Å². The normalized spacial score (nSPS) is 25.7. The molecule has 1 N–H and O–H groups in total. The number of morpholine rings is 1. The Kier molecular flexibility index (Phi) is 5.58. The van der Waals surface area contributed by atoms with E-state index in [0.717, 1.165) is 40.8 Å². The van der Waals surface area contributed by atoms with Gasteiger partial charge in [-0.1, -0.05) is 46.1 Å². The zero-order chi connectivity index (χ0) is 19.0. The SMILES string of the molecule is C[C@@H]1COCCN1C(=O)[C@@H]1CCC[C@H]1c1nc(Cl)c(-c2ccc(Br)cc2)[nH]1. The van der Waals surface area contributed by atoms with Gasteiger partial charge in [0, 0.05) is 28.4 Å². The fourth-order valence-electron chi connectivity index (χ4n) is 4.20. The summed E-state index contributed by atoms with van der Waals surface area (Å²) in [7, 11) is 0. The lowest BCUT2D eigenvalue weighted by molar-refractivity contribution is -0.143. The number of hydrogen-bond donors (Lipinski definition) is 1. The quantitative estimate of drug-likeness (QED) is 0.739. The summed E-state index contributed by atoms with van der Waals surface area (Å²) in [6.45, 7) is 3.96. The lowest BCUT2D eigenvalue weighted by Crippen LogP contribution is -2.49. The molecule has 1 saturated carbocycles. The lowest BCUT2D eigenvalue weighted by Gasteiger charge is -2.36. The molecular formula is C20H23BrClN3O2. The van der Waals surface area contributed by atoms with Crippen LogP contribution in [-0.2, 0) is 9.53 Å². The van der Waals surface area contributed by atoms with E-state index in [-0.39, 0.29) is 23.8 Å². The van der Waals surface area contributed by atoms with Crippen molar-refractivity contribution in [1.29, 1.82) is 0 Å². The molecule has 0 unspecified atom stereocenters. The largest absolute Gasteiger partial charge is 0.377 e. The number of hydrogen-bond acceptors (Lipinski definition) is 3. The van der Waals surface area contributed by atoms with Gasteiger partial charge >= 0.3 is 0 Å². The fraction of sp³-hybridized carbons (Fsp3) is 0.500. The summed E-state index contributed by atoms with van der Waals surface area (Å²) in [6, 6.07) is 8.09. The summed E-state index contributed by atoms with van der Waals surface area (Å²) in [4.78, 5) is 23.2. The van der Waals surface area contributed by atoms with Crippen molar-refractivity contribution in [3.05, 3.63) is 39.7 Å². The van der Waals surface area contributed by atoms with E-state index >= 15 is 0 Å². The monoisotopic (exact) mass is 451 g/mol. The minimum atomic E-state index is -0.0365. The van der Waals surface area contributed by atoms with Gasteiger partial charge in [-0.2, -0.15) is 0 Å². The third-order valence-corrected chi connectivity index (χ3v) is 6.45. The maximum absolute atomic E-state index is 13.2. The first-order chi connectivity index (χ1) is 13.0. The number of carbonyl (C=O) groups excluding carboxylic acids is 1. The van der Waals surface area contributed by atoms with Gasteiger partial charge in [0.05, 0.1) is 24.9 Å². The molecule has 1 aromatic carbocycles. The van der Waals surface area contributed by atoms with Gasteiger partial charge in [0.1, 0.15) is 5.82 Å². The molecule has 1 aliphatic heterocycles. The van der Waals surface area contributed by atoms with E-state index < -0.39 is 0 Å². The Bertz CT molecular complexity index is 823. The molecule has 0 spiro atoms. The molecule has 3 atom stereocenters. The molecule has 144 valence electrons. The van der Waals surface area contributed by atoms with Gasteiger partial charge in [0.25, 0.3) is 0 Å². The highest BCUT2D eigenvalue weighted by atomic mass is 79.9. The topological polar surface area (TPSA) is 58.2 Å². The number of nitrogens with one attached hydrogen (secondary N) is 1. The van der Waals surface area contributed by atoms with Crippen LogP contribution < -0.4 is 0 Å². The summed E-state index contributed by atoms with van der Waals surface area (Å²) < 4.78 is 6.50. The van der Waals surface area contributed by atoms with Crippen LogP contribution in [0.3, 0.4) is 0 Å². The van der Waals surface area contributed by atoms with Crippen LogP contribution in [0.25, 0.3) is 11.3 Å². The number of halogens is 2. The highest BCUT2D eigenvalue weighted by Crippen LogP contribution is 2.41. The fourth-order valence-corrected chi connectivity index (χ4v) is 4.71. The number of benzene rings is 1. The van der Waals surface area contributed by atoms with E-state index in [9.17, 15) is 4.79 Å². The minimum absolute atomic E-state index is 0.0365. The Hall–Kier alpha value is -1.37. The van der Waals surface area contributed by atoms with E-state index in [0.29, 0.717) is 24.9 Å². The second-order valence-electron chi connectivity index (χ2n) is 7.39. The molecule has 2 aromatic rings. The summed E-state index contributed by atoms with van der Waals surface area (Å²) in [5.41, 5.74) is 1.81. The van der Waals surface area contributed by atoms with E-state index in [1.54, 1.807) is 0 Å². The molecule has 4 rings (SSSR count). The molecular weight excluding hydrogens is 430 g/mol. The number of aromatic amines is 1. The Labute approximate surface area is 172 Å². The molecule has 1 aliphatic carbocycles. The van der Waals surface area contributed by atoms with Crippen molar-refractivity contribution in [2.24, 2.45) is 5.92 Å². The first-order valence-corrected chi connectivity index (χ1v) is 10.6. The zero-order valence-electron chi connectivity index (χ0n) is 15.3. The number of rotatable bonds is 3. The van der Waals surface area contributed by atoms with Crippen molar-refractivity contribution < 1.29 is 9.53 Å². The zero-order valence-corrected chi connectivity index (χ0v) is 17.6. The van der Waals surface area contributed by atoms with Crippen LogP contribution in [0.5, 0.6) is 0 Å². The number of ether oxygens (including phenoxy) is 1. The Balaban J connectivity index is 1.58. The minimum Gasteiger partial charge on any atom is -0.377 e. The lowest BCUT2D eigenvalue weighted by atomic mass is 9.93. The van der Waals surface area contributed by atoms with Gasteiger partial charge < -0.3 is 14.6 Å². The highest BCUT2D eigenvalue weighted by molar-refractivity contribution is 9.10. The Morgan fingerprint density at radius 1 is 1.33 bits per heavy atom. The van der Waals surface area contributed by atoms with Crippen LogP contribution in [0.1, 0.15) is 37.9 Å². The summed E-state index contributed by atoms with van der Waals surface area (Å²) in [6.07, 6.45) is 2.89. The van der Waals surface area contributed by atoms with Crippen LogP contribution in [0.4, 0.5) is 0 Å². The van der Waals surface area contributed by atoms with Crippen LogP contribution in [-0.4, -0.2) is 46.6 Å². The van der Waals surface area contributed by atoms with Gasteiger partial charge in [0.2, 0.25) is 5.91 Å². The molecule has 7 heteroatoms. The third kappa shape index (κ3) is 3.80. The first-order valence-electron chi connectivity index (χ1n) is 9.44. The van der Waals surface area contributed by atoms with Gasteiger partial charge in [0.15, 0.2) is 5.15 Å². The van der Waals surface area contributed by atoms with Crippen molar-refractivity contribution in [1.82, 2.24) is 14.9 Å². The van der Waals surface area contributed by atoms with Crippen molar-refractivity contribution in [2.75, 3.05) is 19.8 Å². The number of H-pyrrole nitrogens is 1. The number of imidazole rings is 1. The van der Waals surface area contributed by atoms with E-state index in [2.05, 4.69) is 32.8 Å². The number of nitrogens with zero attached hydrogens (tertiary/aromatic N) is 2. The van der Waals surface area contributed by atoms with Crippen molar-refractivity contribution in [3.8, 4) is 11.3 Å². The van der Waals surface area contributed by atoms with Gasteiger partial charge in [-0.05, 0) is 31.9 Å². The molecule has 0 bridgehead atoms. The van der Waals surface area contributed by atoms with Crippen LogP contribution >= 0.6 is 27.5 Å². The highest BCUT2D eigenvalue weighted by Gasteiger charge is 2.40. The molecule has 0 radical (unpaired) electrons. The molecule has 1 amide bonds. The first kappa shape index (κ1) is 19.0. The van der Waals surface area contributed by atoms with Gasteiger partial charge in [-0.3, -0.25) is 4.79 Å². The summed E-state index contributed by atoms with van der Waals surface area (Å²) >= 11 is 9.88.